The monoisotopic (exact) mass is 548 g/mol. The van der Waals surface area contributed by atoms with Gasteiger partial charge in [0.2, 0.25) is 0 Å². The van der Waals surface area contributed by atoms with Gasteiger partial charge in [-0.3, -0.25) is 0 Å². The molecule has 0 spiro atoms. The van der Waals surface area contributed by atoms with Gasteiger partial charge in [0.05, 0.1) is 0 Å². The molecule has 0 aliphatic heterocycles. The van der Waals surface area contributed by atoms with Crippen LogP contribution < -0.4 is 0 Å². The van der Waals surface area contributed by atoms with Gasteiger partial charge in [0.25, 0.3) is 0 Å². The van der Waals surface area contributed by atoms with Crippen LogP contribution in [0.3, 0.4) is 0 Å². The molecule has 0 aliphatic rings. The number of thioether (sulfide) groups is 2. The van der Waals surface area contributed by atoms with Gasteiger partial charge in [-0.05, 0) is 22.3 Å². The van der Waals surface area contributed by atoms with E-state index in [-0.39, 0.29) is 0 Å². The second-order valence-electron chi connectivity index (χ2n) is 8.24. The number of rotatable bonds is 12. The molecule has 0 aliphatic carbocycles. The van der Waals surface area contributed by atoms with Crippen LogP contribution in [0.1, 0.15) is 22.3 Å². The van der Waals surface area contributed by atoms with Crippen LogP contribution in [0.5, 0.6) is 0 Å². The molecule has 0 atom stereocenters. The largest absolute Gasteiger partial charge is 0.349 e. The summed E-state index contributed by atoms with van der Waals surface area (Å²) < 4.78 is 1.79. The summed E-state index contributed by atoms with van der Waals surface area (Å²) in [6.45, 7) is 10.9. The smallest absolute Gasteiger partial charge is 0.137 e. The van der Waals surface area contributed by atoms with Crippen LogP contribution in [0.25, 0.3) is 0 Å². The van der Waals surface area contributed by atoms with Crippen molar-refractivity contribution in [1.29, 1.82) is 0 Å². The summed E-state index contributed by atoms with van der Waals surface area (Å²) in [5, 5.41) is 0. The molecular formula is C30H32N2S4. The fourth-order valence-corrected chi connectivity index (χ4v) is 5.77. The maximum absolute atomic E-state index is 5.74. The Morgan fingerprint density at radius 3 is 1.28 bits per heavy atom. The Morgan fingerprint density at radius 2 is 0.944 bits per heavy atom. The lowest BCUT2D eigenvalue weighted by Crippen LogP contribution is -2.27. The van der Waals surface area contributed by atoms with Crippen molar-refractivity contribution in [2.45, 2.75) is 24.6 Å². The highest BCUT2D eigenvalue weighted by molar-refractivity contribution is 8.22. The third-order valence-electron chi connectivity index (χ3n) is 5.40. The summed E-state index contributed by atoms with van der Waals surface area (Å²) in [4.78, 5) is 4.39. The second-order valence-corrected chi connectivity index (χ2v) is 11.5. The zero-order chi connectivity index (χ0) is 25.6. The standard InChI is InChI=1S/C30H32N2S4/c1-3-19-31(21-25-11-7-5-8-12-25)29(33)35-23-27-15-17-28(18-16-27)24-36-30(34)32(20-4-2)22-26-13-9-6-10-14-26/h3-18H,1-2,19-24H2. The molecule has 0 saturated heterocycles. The molecule has 3 aromatic rings. The van der Waals surface area contributed by atoms with Crippen LogP contribution >= 0.6 is 48.0 Å². The minimum Gasteiger partial charge on any atom is -0.349 e. The molecule has 0 saturated carbocycles. The van der Waals surface area contributed by atoms with E-state index in [1.54, 1.807) is 23.5 Å². The van der Waals surface area contributed by atoms with Crippen LogP contribution in [0, 0.1) is 0 Å². The molecule has 0 N–H and O–H groups in total. The van der Waals surface area contributed by atoms with Gasteiger partial charge in [-0.15, -0.1) is 13.2 Å². The van der Waals surface area contributed by atoms with Crippen LogP contribution in [0.4, 0.5) is 0 Å². The Morgan fingerprint density at radius 1 is 0.583 bits per heavy atom. The molecule has 2 nitrogen and oxygen atoms in total. The van der Waals surface area contributed by atoms with E-state index >= 15 is 0 Å². The van der Waals surface area contributed by atoms with Gasteiger partial charge in [0, 0.05) is 37.7 Å². The van der Waals surface area contributed by atoms with E-state index < -0.39 is 0 Å². The lowest BCUT2D eigenvalue weighted by Gasteiger charge is -2.23. The Kier molecular flexibility index (Phi) is 12.3. The molecule has 0 fully saturated rings. The molecule has 0 amide bonds. The number of benzene rings is 3. The third-order valence-corrected chi connectivity index (χ3v) is 8.58. The summed E-state index contributed by atoms with van der Waals surface area (Å²) in [7, 11) is 0. The van der Waals surface area contributed by atoms with Gasteiger partial charge >= 0.3 is 0 Å². The van der Waals surface area contributed by atoms with Crippen molar-refractivity contribution in [3.8, 4) is 0 Å². The first-order valence-corrected chi connectivity index (χ1v) is 14.6. The average Bonchev–Trinajstić information content (AvgIpc) is 2.91. The molecule has 186 valence electrons. The first kappa shape index (κ1) is 28.2. The molecule has 36 heavy (non-hydrogen) atoms. The van der Waals surface area contributed by atoms with E-state index in [0.29, 0.717) is 0 Å². The number of hydrogen-bond donors (Lipinski definition) is 0. The second kappa shape index (κ2) is 15.7. The highest BCUT2D eigenvalue weighted by Crippen LogP contribution is 2.22. The van der Waals surface area contributed by atoms with Crippen molar-refractivity contribution >= 4 is 56.6 Å². The zero-order valence-corrected chi connectivity index (χ0v) is 23.7. The molecule has 0 aromatic heterocycles. The molecule has 6 heteroatoms. The lowest BCUT2D eigenvalue weighted by atomic mass is 10.2. The van der Waals surface area contributed by atoms with E-state index in [1.807, 2.05) is 24.3 Å². The molecule has 3 aromatic carbocycles. The van der Waals surface area contributed by atoms with Crippen molar-refractivity contribution in [3.05, 3.63) is 132 Å². The number of nitrogens with zero attached hydrogens (tertiary/aromatic N) is 2. The molecular weight excluding hydrogens is 517 g/mol. The zero-order valence-electron chi connectivity index (χ0n) is 20.4. The normalized spacial score (nSPS) is 10.4. The van der Waals surface area contributed by atoms with Gasteiger partial charge in [-0.1, -0.05) is 145 Å². The molecule has 3 rings (SSSR count). The van der Waals surface area contributed by atoms with Crippen LogP contribution in [0.15, 0.2) is 110 Å². The fourth-order valence-electron chi connectivity index (χ4n) is 3.53. The van der Waals surface area contributed by atoms with E-state index in [4.69, 9.17) is 24.4 Å². The Bertz CT molecular complexity index is 1020. The molecule has 0 radical (unpaired) electrons. The van der Waals surface area contributed by atoms with Crippen molar-refractivity contribution in [2.75, 3.05) is 13.1 Å². The van der Waals surface area contributed by atoms with Crippen molar-refractivity contribution in [2.24, 2.45) is 0 Å². The van der Waals surface area contributed by atoms with E-state index in [1.165, 1.54) is 22.3 Å². The van der Waals surface area contributed by atoms with Crippen LogP contribution in [-0.4, -0.2) is 31.5 Å². The summed E-state index contributed by atoms with van der Waals surface area (Å²) in [6, 6.07) is 29.6. The minimum absolute atomic E-state index is 0.740. The quantitative estimate of drug-likeness (QED) is 0.165. The molecule has 0 heterocycles. The van der Waals surface area contributed by atoms with Crippen molar-refractivity contribution in [3.63, 3.8) is 0 Å². The van der Waals surface area contributed by atoms with E-state index in [0.717, 1.165) is 46.3 Å². The maximum Gasteiger partial charge on any atom is 0.137 e. The lowest BCUT2D eigenvalue weighted by molar-refractivity contribution is 0.473. The topological polar surface area (TPSA) is 6.48 Å². The maximum atomic E-state index is 5.74. The predicted molar refractivity (Wildman–Crippen MR) is 168 cm³/mol. The third kappa shape index (κ3) is 9.58. The van der Waals surface area contributed by atoms with E-state index in [9.17, 15) is 0 Å². The highest BCUT2D eigenvalue weighted by Gasteiger charge is 2.12. The predicted octanol–water partition coefficient (Wildman–Crippen LogP) is 8.10. The Hall–Kier alpha value is -2.38. The van der Waals surface area contributed by atoms with Gasteiger partial charge in [0.1, 0.15) is 8.64 Å². The average molecular weight is 549 g/mol. The first-order valence-electron chi connectivity index (χ1n) is 11.8. The fraction of sp³-hybridized carbons (Fsp3) is 0.200. The summed E-state index contributed by atoms with van der Waals surface area (Å²) >= 11 is 14.9. The van der Waals surface area contributed by atoms with Gasteiger partial charge in [-0.2, -0.15) is 0 Å². The van der Waals surface area contributed by atoms with E-state index in [2.05, 4.69) is 95.8 Å². The highest BCUT2D eigenvalue weighted by atomic mass is 32.2. The summed E-state index contributed by atoms with van der Waals surface area (Å²) in [6.07, 6.45) is 3.81. The van der Waals surface area contributed by atoms with Gasteiger partial charge < -0.3 is 9.80 Å². The molecule has 0 unspecified atom stereocenters. The van der Waals surface area contributed by atoms with Crippen LogP contribution in [-0.2, 0) is 24.6 Å². The summed E-state index contributed by atoms with van der Waals surface area (Å²) in [5.41, 5.74) is 5.01. The minimum atomic E-state index is 0.740. The summed E-state index contributed by atoms with van der Waals surface area (Å²) in [5.74, 6) is 1.69. The molecule has 0 bridgehead atoms. The number of hydrogen-bond acceptors (Lipinski definition) is 4. The SMILES string of the molecule is C=CCN(Cc1ccccc1)C(=S)SCc1ccc(CSC(=S)N(CC=C)Cc2ccccc2)cc1. The van der Waals surface area contributed by atoms with Crippen LogP contribution in [0.2, 0.25) is 0 Å². The van der Waals surface area contributed by atoms with Gasteiger partial charge in [0.15, 0.2) is 0 Å². The van der Waals surface area contributed by atoms with Crippen molar-refractivity contribution < 1.29 is 0 Å². The van der Waals surface area contributed by atoms with Crippen molar-refractivity contribution in [1.82, 2.24) is 9.80 Å². The Labute approximate surface area is 235 Å². The first-order chi connectivity index (χ1) is 17.6. The van der Waals surface area contributed by atoms with Gasteiger partial charge in [-0.25, -0.2) is 0 Å². The Balaban J connectivity index is 1.48. The number of thiocarbonyl (C=S) groups is 2.